The highest BCUT2D eigenvalue weighted by atomic mass is 35.5. The summed E-state index contributed by atoms with van der Waals surface area (Å²) in [5, 5.41) is 12.4. The predicted octanol–water partition coefficient (Wildman–Crippen LogP) is 3.24. The van der Waals surface area contributed by atoms with Crippen LogP contribution in [0.1, 0.15) is 19.1 Å². The van der Waals surface area contributed by atoms with E-state index in [4.69, 9.17) is 14.3 Å². The summed E-state index contributed by atoms with van der Waals surface area (Å²) in [7, 11) is 1.65. The second-order valence-corrected chi connectivity index (χ2v) is 4.67. The van der Waals surface area contributed by atoms with Crippen molar-refractivity contribution in [1.29, 1.82) is 0 Å². The van der Waals surface area contributed by atoms with E-state index in [0.29, 0.717) is 6.54 Å². The third kappa shape index (κ3) is 4.77. The van der Waals surface area contributed by atoms with Gasteiger partial charge in [-0.15, -0.1) is 12.4 Å². The molecule has 0 fully saturated rings. The Morgan fingerprint density at radius 1 is 1.29 bits per heavy atom. The fourth-order valence-electron chi connectivity index (χ4n) is 1.99. The van der Waals surface area contributed by atoms with E-state index >= 15 is 0 Å². The summed E-state index contributed by atoms with van der Waals surface area (Å²) in [5.74, 6) is 2.48. The second kappa shape index (κ2) is 8.72. The van der Waals surface area contributed by atoms with Crippen LogP contribution in [-0.4, -0.2) is 24.9 Å². The number of halogens is 1. The van der Waals surface area contributed by atoms with Gasteiger partial charge in [-0.25, -0.2) is 0 Å². The van der Waals surface area contributed by atoms with Gasteiger partial charge in [0.15, 0.2) is 0 Å². The average Bonchev–Trinajstić information content (AvgIpc) is 2.97. The average molecular weight is 312 g/mol. The van der Waals surface area contributed by atoms with Crippen LogP contribution in [0.4, 0.5) is 0 Å². The van der Waals surface area contributed by atoms with Crippen LogP contribution in [0.15, 0.2) is 40.8 Å². The van der Waals surface area contributed by atoms with Gasteiger partial charge in [-0.05, 0) is 30.7 Å². The Bertz CT molecular complexity index is 538. The molecule has 1 unspecified atom stereocenters. The van der Waals surface area contributed by atoms with E-state index in [1.165, 1.54) is 0 Å². The van der Waals surface area contributed by atoms with E-state index in [1.807, 2.05) is 43.3 Å². The number of aliphatic hydroxyl groups excluding tert-OH is 1. The number of hydrogen-bond acceptors (Lipinski definition) is 4. The van der Waals surface area contributed by atoms with Crippen molar-refractivity contribution in [2.75, 3.05) is 13.7 Å². The molecule has 4 nitrogen and oxygen atoms in total. The first-order valence-electron chi connectivity index (χ1n) is 6.84. The molecule has 0 aliphatic heterocycles. The van der Waals surface area contributed by atoms with Gasteiger partial charge < -0.3 is 19.6 Å². The molecule has 0 aliphatic rings. The molecule has 1 atom stereocenters. The van der Waals surface area contributed by atoms with Crippen LogP contribution >= 0.6 is 12.4 Å². The Balaban J connectivity index is 0.00000220. The lowest BCUT2D eigenvalue weighted by molar-refractivity contribution is 0.235. The van der Waals surface area contributed by atoms with Gasteiger partial charge in [0.1, 0.15) is 17.3 Å². The van der Waals surface area contributed by atoms with Gasteiger partial charge in [-0.2, -0.15) is 0 Å². The largest absolute Gasteiger partial charge is 0.497 e. The molecule has 0 saturated heterocycles. The number of ether oxygens (including phenoxy) is 1. The van der Waals surface area contributed by atoms with Crippen molar-refractivity contribution in [2.45, 2.75) is 25.9 Å². The molecule has 5 heteroatoms. The standard InChI is InChI=1S/C16H21NO3.ClH/c1-3-13(11-18)17-10-15-7-8-16(20-15)12-5-4-6-14(9-12)19-2;/h4-9,13,17-18H,3,10-11H2,1-2H3;1H. The number of nitrogens with one attached hydrogen (secondary N) is 1. The number of rotatable bonds is 7. The molecule has 116 valence electrons. The fraction of sp³-hybridized carbons (Fsp3) is 0.375. The van der Waals surface area contributed by atoms with Gasteiger partial charge in [0.2, 0.25) is 0 Å². The van der Waals surface area contributed by atoms with Crippen LogP contribution in [0.3, 0.4) is 0 Å². The number of aliphatic hydroxyl groups is 1. The summed E-state index contributed by atoms with van der Waals surface area (Å²) < 4.78 is 11.0. The molecule has 1 aromatic carbocycles. The highest BCUT2D eigenvalue weighted by molar-refractivity contribution is 5.85. The minimum Gasteiger partial charge on any atom is -0.497 e. The summed E-state index contributed by atoms with van der Waals surface area (Å²) in [4.78, 5) is 0. The summed E-state index contributed by atoms with van der Waals surface area (Å²) in [5.41, 5.74) is 0.991. The van der Waals surface area contributed by atoms with E-state index in [9.17, 15) is 0 Å². The van der Waals surface area contributed by atoms with Crippen molar-refractivity contribution >= 4 is 12.4 Å². The molecule has 0 spiro atoms. The first kappa shape index (κ1) is 17.6. The highest BCUT2D eigenvalue weighted by Crippen LogP contribution is 2.25. The zero-order valence-corrected chi connectivity index (χ0v) is 13.2. The molecule has 0 bridgehead atoms. The van der Waals surface area contributed by atoms with Crippen molar-refractivity contribution in [3.8, 4) is 17.1 Å². The van der Waals surface area contributed by atoms with Crippen molar-refractivity contribution in [2.24, 2.45) is 0 Å². The van der Waals surface area contributed by atoms with Crippen LogP contribution in [-0.2, 0) is 6.54 Å². The topological polar surface area (TPSA) is 54.6 Å². The monoisotopic (exact) mass is 311 g/mol. The summed E-state index contributed by atoms with van der Waals surface area (Å²) in [6.07, 6.45) is 0.889. The maximum Gasteiger partial charge on any atom is 0.134 e. The van der Waals surface area contributed by atoms with Crippen molar-refractivity contribution in [3.63, 3.8) is 0 Å². The van der Waals surface area contributed by atoms with E-state index in [-0.39, 0.29) is 25.1 Å². The minimum atomic E-state index is 0. The molecule has 21 heavy (non-hydrogen) atoms. The van der Waals surface area contributed by atoms with Gasteiger partial charge >= 0.3 is 0 Å². The van der Waals surface area contributed by atoms with Crippen LogP contribution in [0.25, 0.3) is 11.3 Å². The highest BCUT2D eigenvalue weighted by Gasteiger charge is 2.08. The third-order valence-corrected chi connectivity index (χ3v) is 3.29. The number of benzene rings is 1. The van der Waals surface area contributed by atoms with Crippen LogP contribution in [0, 0.1) is 0 Å². The molecule has 2 rings (SSSR count). The molecule has 0 saturated carbocycles. The molecule has 2 N–H and O–H groups in total. The molecule has 0 aliphatic carbocycles. The van der Waals surface area contributed by atoms with Crippen LogP contribution in [0.5, 0.6) is 5.75 Å². The first-order valence-corrected chi connectivity index (χ1v) is 6.84. The van der Waals surface area contributed by atoms with Crippen molar-refractivity contribution in [3.05, 3.63) is 42.2 Å². The lowest BCUT2D eigenvalue weighted by Crippen LogP contribution is -2.30. The Hall–Kier alpha value is -1.49. The third-order valence-electron chi connectivity index (χ3n) is 3.29. The lowest BCUT2D eigenvalue weighted by Gasteiger charge is -2.12. The predicted molar refractivity (Wildman–Crippen MR) is 85.9 cm³/mol. The first-order chi connectivity index (χ1) is 9.76. The minimum absolute atomic E-state index is 0. The second-order valence-electron chi connectivity index (χ2n) is 4.67. The van der Waals surface area contributed by atoms with E-state index in [2.05, 4.69) is 5.32 Å². The quantitative estimate of drug-likeness (QED) is 0.824. The van der Waals surface area contributed by atoms with Gasteiger partial charge in [0, 0.05) is 11.6 Å². The van der Waals surface area contributed by atoms with Crippen LogP contribution in [0.2, 0.25) is 0 Å². The Kier molecular flexibility index (Phi) is 7.29. The Morgan fingerprint density at radius 3 is 2.76 bits per heavy atom. The Labute approximate surface area is 131 Å². The number of hydrogen-bond donors (Lipinski definition) is 2. The number of methoxy groups -OCH3 is 1. The van der Waals surface area contributed by atoms with Crippen molar-refractivity contribution in [1.82, 2.24) is 5.32 Å². The van der Waals surface area contributed by atoms with E-state index in [1.54, 1.807) is 7.11 Å². The van der Waals surface area contributed by atoms with Crippen molar-refractivity contribution < 1.29 is 14.3 Å². The van der Waals surface area contributed by atoms with Gasteiger partial charge in [-0.3, -0.25) is 0 Å². The Morgan fingerprint density at radius 2 is 2.10 bits per heavy atom. The molecule has 0 radical (unpaired) electrons. The maximum absolute atomic E-state index is 9.14. The summed E-state index contributed by atoms with van der Waals surface area (Å²) >= 11 is 0. The zero-order valence-electron chi connectivity index (χ0n) is 12.3. The van der Waals surface area contributed by atoms with E-state index < -0.39 is 0 Å². The van der Waals surface area contributed by atoms with Crippen LogP contribution < -0.4 is 10.1 Å². The van der Waals surface area contributed by atoms with E-state index in [0.717, 1.165) is 29.3 Å². The molecule has 0 amide bonds. The molecular formula is C16H22ClNO3. The lowest BCUT2D eigenvalue weighted by atomic mass is 10.2. The summed E-state index contributed by atoms with van der Waals surface area (Å²) in [6.45, 7) is 2.79. The van der Waals surface area contributed by atoms with Gasteiger partial charge in [-0.1, -0.05) is 19.1 Å². The molecule has 2 aromatic rings. The molecule has 1 aromatic heterocycles. The molecule has 1 heterocycles. The molecular weight excluding hydrogens is 290 g/mol. The summed E-state index contributed by atoms with van der Waals surface area (Å²) in [6, 6.07) is 11.8. The van der Waals surface area contributed by atoms with Gasteiger partial charge in [0.05, 0.1) is 20.3 Å². The fourth-order valence-corrected chi connectivity index (χ4v) is 1.99. The van der Waals surface area contributed by atoms with Gasteiger partial charge in [0.25, 0.3) is 0 Å². The smallest absolute Gasteiger partial charge is 0.134 e. The zero-order chi connectivity index (χ0) is 14.4. The maximum atomic E-state index is 9.14. The SMILES string of the molecule is CCC(CO)NCc1ccc(-c2cccc(OC)c2)o1.Cl. The normalized spacial score (nSPS) is 11.8. The number of furan rings is 1.